The third-order valence-corrected chi connectivity index (χ3v) is 19.0. The number of ketones is 1. The van der Waals surface area contributed by atoms with Crippen LogP contribution in [-0.4, -0.2) is 131 Å². The summed E-state index contributed by atoms with van der Waals surface area (Å²) >= 11 is 1.85. The van der Waals surface area contributed by atoms with Crippen molar-refractivity contribution in [1.82, 2.24) is 45.9 Å². The molecule has 7 rings (SSSR count). The number of unbranched alkanes of at least 4 members (excludes halogenated alkanes) is 3. The Kier molecular flexibility index (Phi) is 21.1. The van der Waals surface area contributed by atoms with Crippen molar-refractivity contribution in [2.24, 2.45) is 5.92 Å². The van der Waals surface area contributed by atoms with Gasteiger partial charge in [0.05, 0.1) is 56.6 Å². The number of thioether (sulfide) groups is 1. The third kappa shape index (κ3) is 16.3. The lowest BCUT2D eigenvalue weighted by Gasteiger charge is -2.28. The Labute approximate surface area is 469 Å². The molecule has 1 aromatic heterocycles. The van der Waals surface area contributed by atoms with Crippen LogP contribution in [0, 0.1) is 16.0 Å². The highest BCUT2D eigenvalue weighted by atomic mass is 32.2. The summed E-state index contributed by atoms with van der Waals surface area (Å²) in [6.07, 6.45) is 5.23. The van der Waals surface area contributed by atoms with E-state index in [1.165, 1.54) is 10.9 Å². The van der Waals surface area contributed by atoms with Gasteiger partial charge in [-0.25, -0.2) is 26.3 Å². The fourth-order valence-corrected chi connectivity index (χ4v) is 13.8. The highest BCUT2D eigenvalue weighted by Crippen LogP contribution is 2.33. The molecule has 6 atom stereocenters. The molecule has 5 amide bonds. The number of hydrogen-bond acceptors (Lipinski definition) is 15. The van der Waals surface area contributed by atoms with Crippen molar-refractivity contribution >= 4 is 66.8 Å². The highest BCUT2D eigenvalue weighted by Gasteiger charge is 2.42. The lowest BCUT2D eigenvalue weighted by atomic mass is 9.99. The summed E-state index contributed by atoms with van der Waals surface area (Å²) in [5.74, 6) is -0.351. The first-order valence-corrected chi connectivity index (χ1v) is 30.6. The van der Waals surface area contributed by atoms with Gasteiger partial charge in [-0.2, -0.15) is 16.1 Å². The second kappa shape index (κ2) is 27.9. The molecule has 428 valence electrons. The number of aliphatic hydroxyl groups excluding tert-OH is 1. The molecule has 22 nitrogen and oxygen atoms in total. The van der Waals surface area contributed by atoms with E-state index < -0.39 is 48.9 Å². The standard InChI is InChI=1S/C55H68N10O12S3/c1-36(2)32-63(80(76,77)45-27-25-44(26-28-45)79(74,75)43-23-21-42(22-24-43)65(72)73)34-48(66)37(3)64-33-41(61-62-64)31-57-54(70)46(30-38-17-19-40(20-18-38)53(69)39-12-6-4-7-13-39)58-51(68)16-8-5-11-29-56-50(67)15-10-9-14-49-52-47(35-78-49)59-55(71)60-52/h4,6-7,12-13,17-28,33,36-37,46-49,52,66H,5,8-11,14-16,29-32,34-35H2,1-3H3,(H,56,67)(H,57,70)(H,58,68)(H2,59,60,71)/t37-,46-,47-,48?,49-,52-/m0/s1. The number of rotatable bonds is 30. The van der Waals surface area contributed by atoms with E-state index in [4.69, 9.17) is 0 Å². The predicted octanol–water partition coefficient (Wildman–Crippen LogP) is 5.27. The number of nitrogens with zero attached hydrogens (tertiary/aromatic N) is 5. The summed E-state index contributed by atoms with van der Waals surface area (Å²) in [4.78, 5) is 74.3. The van der Waals surface area contributed by atoms with Gasteiger partial charge in [-0.3, -0.25) is 29.3 Å². The van der Waals surface area contributed by atoms with Crippen molar-refractivity contribution in [1.29, 1.82) is 0 Å². The molecule has 2 aliphatic rings. The van der Waals surface area contributed by atoms with Gasteiger partial charge in [-0.15, -0.1) is 5.10 Å². The molecule has 0 spiro atoms. The fourth-order valence-electron chi connectivity index (χ4n) is 9.37. The second-order valence-electron chi connectivity index (χ2n) is 20.4. The minimum absolute atomic E-state index is 0.00227. The molecule has 3 heterocycles. The number of benzene rings is 4. The highest BCUT2D eigenvalue weighted by molar-refractivity contribution is 8.00. The van der Waals surface area contributed by atoms with Crippen LogP contribution in [0.1, 0.15) is 105 Å². The van der Waals surface area contributed by atoms with Crippen molar-refractivity contribution in [2.75, 3.05) is 25.4 Å². The number of aliphatic hydroxyl groups is 1. The summed E-state index contributed by atoms with van der Waals surface area (Å²) in [6.45, 7) is 5.20. The summed E-state index contributed by atoms with van der Waals surface area (Å²) in [5.41, 5.74) is 1.67. The maximum atomic E-state index is 14.0. The van der Waals surface area contributed by atoms with Crippen LogP contribution in [0.5, 0.6) is 0 Å². The molecule has 0 aliphatic carbocycles. The molecule has 2 aliphatic heterocycles. The Morgan fingerprint density at radius 3 is 2.11 bits per heavy atom. The summed E-state index contributed by atoms with van der Waals surface area (Å²) in [5, 5.41) is 45.8. The lowest BCUT2D eigenvalue weighted by molar-refractivity contribution is -0.384. The Balaban J connectivity index is 0.910. The quantitative estimate of drug-likeness (QED) is 0.0112. The normalized spacial score (nSPS) is 17.2. The average molecular weight is 1160 g/mol. The summed E-state index contributed by atoms with van der Waals surface area (Å²) in [7, 11) is -8.45. The molecule has 80 heavy (non-hydrogen) atoms. The van der Waals surface area contributed by atoms with Crippen LogP contribution in [-0.2, 0) is 47.2 Å². The van der Waals surface area contributed by atoms with E-state index in [0.29, 0.717) is 59.9 Å². The number of sulfonamides is 1. The van der Waals surface area contributed by atoms with E-state index in [1.807, 2.05) is 17.8 Å². The van der Waals surface area contributed by atoms with Crippen molar-refractivity contribution < 1.29 is 50.8 Å². The lowest BCUT2D eigenvalue weighted by Crippen LogP contribution is -2.47. The molecule has 2 fully saturated rings. The van der Waals surface area contributed by atoms with Crippen LogP contribution >= 0.6 is 11.8 Å². The summed E-state index contributed by atoms with van der Waals surface area (Å²) in [6, 6.07) is 22.9. The van der Waals surface area contributed by atoms with Crippen molar-refractivity contribution in [3.05, 3.63) is 142 Å². The average Bonchev–Trinajstić information content (AvgIpc) is 4.26. The Hall–Kier alpha value is -7.06. The molecule has 0 radical (unpaired) electrons. The van der Waals surface area contributed by atoms with E-state index in [9.17, 15) is 56.0 Å². The van der Waals surface area contributed by atoms with Crippen LogP contribution < -0.4 is 26.6 Å². The first-order valence-electron chi connectivity index (χ1n) is 26.6. The molecule has 5 aromatic rings. The predicted molar refractivity (Wildman–Crippen MR) is 299 cm³/mol. The fraction of sp³-hybridized carbons (Fsp3) is 0.436. The first-order chi connectivity index (χ1) is 38.2. The van der Waals surface area contributed by atoms with E-state index in [-0.39, 0.29) is 94.5 Å². The van der Waals surface area contributed by atoms with E-state index in [0.717, 1.165) is 77.9 Å². The molecule has 6 N–H and O–H groups in total. The minimum atomic E-state index is -4.30. The van der Waals surface area contributed by atoms with E-state index >= 15 is 0 Å². The number of fused-ring (bicyclic) bond motifs is 1. The molecule has 1 unspecified atom stereocenters. The van der Waals surface area contributed by atoms with Crippen molar-refractivity contribution in [2.45, 2.75) is 135 Å². The van der Waals surface area contributed by atoms with Crippen LogP contribution in [0.2, 0.25) is 0 Å². The maximum Gasteiger partial charge on any atom is 0.315 e. The Bertz CT molecular complexity index is 3180. The number of non-ortho nitro benzene ring substituents is 1. The zero-order valence-corrected chi connectivity index (χ0v) is 47.2. The molecule has 0 saturated carbocycles. The Morgan fingerprint density at radius 2 is 1.44 bits per heavy atom. The molecule has 4 aromatic carbocycles. The van der Waals surface area contributed by atoms with Gasteiger partial charge in [0, 0.05) is 73.2 Å². The smallest absolute Gasteiger partial charge is 0.315 e. The van der Waals surface area contributed by atoms with Crippen LogP contribution in [0.15, 0.2) is 124 Å². The van der Waals surface area contributed by atoms with Gasteiger partial charge >= 0.3 is 6.03 Å². The number of nitro groups is 1. The van der Waals surface area contributed by atoms with Crippen molar-refractivity contribution in [3.8, 4) is 0 Å². The van der Waals surface area contributed by atoms with Gasteiger partial charge in [-0.1, -0.05) is 86.5 Å². The van der Waals surface area contributed by atoms with Gasteiger partial charge in [0.2, 0.25) is 37.6 Å². The van der Waals surface area contributed by atoms with Gasteiger partial charge in [0.15, 0.2) is 5.78 Å². The van der Waals surface area contributed by atoms with Gasteiger partial charge in [0.1, 0.15) is 11.7 Å². The van der Waals surface area contributed by atoms with Gasteiger partial charge in [-0.05, 0) is 80.5 Å². The topological polar surface area (TPSA) is 311 Å². The third-order valence-electron chi connectivity index (χ3n) is 13.9. The number of urea groups is 1. The van der Waals surface area contributed by atoms with Gasteiger partial charge in [0.25, 0.3) is 5.69 Å². The SMILES string of the molecule is CC(C)CN(CC(O)[C@H](C)n1cc(CNC(=O)[C@H](Cc2ccc(C(=O)c3ccccc3)cc2)NC(=O)CCCCCNC(=O)CCCC[C@@H]2SC[C@@H]3NC(=O)N[C@@H]32)nn1)S(=O)(=O)c1ccc(S(=O)(=O)c2ccc([N+](=O)[O-])cc2)cc1. The zero-order valence-electron chi connectivity index (χ0n) is 44.7. The number of carbonyl (C=O) groups is 5. The number of nitrogens with one attached hydrogen (secondary N) is 5. The Morgan fingerprint density at radius 1 is 0.800 bits per heavy atom. The van der Waals surface area contributed by atoms with E-state index in [2.05, 4.69) is 36.9 Å². The largest absolute Gasteiger partial charge is 0.390 e. The van der Waals surface area contributed by atoms with Crippen LogP contribution in [0.3, 0.4) is 0 Å². The molecular formula is C55H68N10O12S3. The van der Waals surface area contributed by atoms with Crippen LogP contribution in [0.25, 0.3) is 0 Å². The number of aromatic nitrogens is 3. The number of nitro benzene ring substituents is 1. The number of hydrogen-bond donors (Lipinski definition) is 6. The van der Waals surface area contributed by atoms with E-state index in [1.54, 1.807) is 69.3 Å². The number of carbonyl (C=O) groups excluding carboxylic acids is 5. The molecule has 25 heteroatoms. The number of sulfone groups is 1. The monoisotopic (exact) mass is 1160 g/mol. The van der Waals surface area contributed by atoms with Crippen molar-refractivity contribution in [3.63, 3.8) is 0 Å². The molecular weight excluding hydrogens is 1090 g/mol. The first kappa shape index (κ1) is 60.6. The van der Waals surface area contributed by atoms with Gasteiger partial charge < -0.3 is 31.7 Å². The number of amides is 5. The molecule has 2 saturated heterocycles. The second-order valence-corrected chi connectivity index (χ2v) is 25.6. The summed E-state index contributed by atoms with van der Waals surface area (Å²) < 4.78 is 57.1. The van der Waals surface area contributed by atoms with Crippen LogP contribution in [0.4, 0.5) is 10.5 Å². The molecule has 0 bridgehead atoms. The zero-order chi connectivity index (χ0) is 57.6. The minimum Gasteiger partial charge on any atom is -0.390 e. The maximum absolute atomic E-state index is 14.0.